The van der Waals surface area contributed by atoms with Gasteiger partial charge in [0.25, 0.3) is 0 Å². The van der Waals surface area contributed by atoms with Crippen molar-refractivity contribution in [3.05, 3.63) is 0 Å². The summed E-state index contributed by atoms with van der Waals surface area (Å²) in [7, 11) is 0. The van der Waals surface area contributed by atoms with Crippen molar-refractivity contribution in [3.63, 3.8) is 0 Å². The van der Waals surface area contributed by atoms with Crippen molar-refractivity contribution < 1.29 is 15.0 Å². The van der Waals surface area contributed by atoms with E-state index >= 15 is 0 Å². The third-order valence-electron chi connectivity index (χ3n) is 10.2. The van der Waals surface area contributed by atoms with Crippen molar-refractivity contribution >= 4 is 5.97 Å². The van der Waals surface area contributed by atoms with Crippen LogP contribution in [0.3, 0.4) is 0 Å². The van der Waals surface area contributed by atoms with Gasteiger partial charge in [-0.1, -0.05) is 33.6 Å². The van der Waals surface area contributed by atoms with Crippen LogP contribution in [0, 0.1) is 46.3 Å². The van der Waals surface area contributed by atoms with E-state index in [1.807, 2.05) is 0 Å². The molecule has 0 amide bonds. The van der Waals surface area contributed by atoms with Gasteiger partial charge in [0, 0.05) is 6.42 Å². The third kappa shape index (κ3) is 3.07. The van der Waals surface area contributed by atoms with Gasteiger partial charge < -0.3 is 10.2 Å². The van der Waals surface area contributed by atoms with Crippen LogP contribution in [-0.2, 0) is 4.79 Å². The maximum Gasteiger partial charge on any atom is 0.303 e. The van der Waals surface area contributed by atoms with E-state index in [4.69, 9.17) is 5.11 Å². The monoisotopic (exact) mass is 376 g/mol. The Hall–Kier alpha value is -0.570. The Bertz CT molecular complexity index is 574. The summed E-state index contributed by atoms with van der Waals surface area (Å²) in [4.78, 5) is 11.0. The predicted octanol–water partition coefficient (Wildman–Crippen LogP) is 5.51. The Morgan fingerprint density at radius 2 is 1.78 bits per heavy atom. The summed E-state index contributed by atoms with van der Waals surface area (Å²) in [6.07, 6.45) is 12.5. The molecule has 4 saturated carbocycles. The Labute approximate surface area is 165 Å². The molecule has 9 atom stereocenters. The first kappa shape index (κ1) is 19.7. The van der Waals surface area contributed by atoms with Crippen LogP contribution in [0.5, 0.6) is 0 Å². The molecule has 0 radical (unpaired) electrons. The molecular formula is C24H40O3. The molecule has 3 heteroatoms. The maximum absolute atomic E-state index is 11.2. The fourth-order valence-electron chi connectivity index (χ4n) is 8.78. The highest BCUT2D eigenvalue weighted by molar-refractivity contribution is 5.66. The van der Waals surface area contributed by atoms with Gasteiger partial charge in [-0.3, -0.25) is 4.79 Å². The van der Waals surface area contributed by atoms with Gasteiger partial charge in [0.05, 0.1) is 6.10 Å². The highest BCUT2D eigenvalue weighted by Gasteiger charge is 2.62. The van der Waals surface area contributed by atoms with Crippen LogP contribution in [0.1, 0.15) is 91.4 Å². The van der Waals surface area contributed by atoms with Crippen LogP contribution in [0.25, 0.3) is 0 Å². The number of carboxylic acid groups (broad SMARTS) is 1. The van der Waals surface area contributed by atoms with Crippen LogP contribution >= 0.6 is 0 Å². The first-order valence-corrected chi connectivity index (χ1v) is 11.7. The highest BCUT2D eigenvalue weighted by Crippen LogP contribution is 2.68. The normalized spacial score (nSPS) is 50.4. The van der Waals surface area contributed by atoms with Crippen LogP contribution in [0.15, 0.2) is 0 Å². The standard InChI is InChI=1S/C24H40O3/c1-15(7-10-21(26)27)17-8-9-18-22-19(11-13-24(17,18)3)23(2)12-5-4-6-16(23)14-20(22)25/h15-20,22,25H,4-14H2,1-3H3,(H,26,27)/t15-,16+,17-,18+,19+,20+,22+,23+,24-/m1/s1. The molecule has 0 heterocycles. The second-order valence-corrected chi connectivity index (χ2v) is 11.2. The molecule has 154 valence electrons. The fraction of sp³-hybridized carbons (Fsp3) is 0.958. The number of aliphatic carboxylic acids is 1. The number of hydrogen-bond donors (Lipinski definition) is 2. The predicted molar refractivity (Wildman–Crippen MR) is 107 cm³/mol. The number of carboxylic acids is 1. The number of carbonyl (C=O) groups is 1. The van der Waals surface area contributed by atoms with E-state index in [2.05, 4.69) is 20.8 Å². The lowest BCUT2D eigenvalue weighted by molar-refractivity contribution is -0.164. The average molecular weight is 377 g/mol. The third-order valence-corrected chi connectivity index (χ3v) is 10.2. The molecule has 0 aromatic heterocycles. The molecule has 4 fully saturated rings. The lowest BCUT2D eigenvalue weighted by Crippen LogP contribution is -2.57. The molecule has 0 bridgehead atoms. The molecule has 0 saturated heterocycles. The topological polar surface area (TPSA) is 57.5 Å². The highest BCUT2D eigenvalue weighted by atomic mass is 16.4. The Morgan fingerprint density at radius 1 is 1.04 bits per heavy atom. The molecule has 4 aliphatic carbocycles. The van der Waals surface area contributed by atoms with Crippen LogP contribution < -0.4 is 0 Å². The molecule has 0 aliphatic heterocycles. The summed E-state index contributed by atoms with van der Waals surface area (Å²) in [5.74, 6) is 3.02. The van der Waals surface area contributed by atoms with Gasteiger partial charge >= 0.3 is 5.97 Å². The van der Waals surface area contributed by atoms with Gasteiger partial charge in [0.1, 0.15) is 0 Å². The lowest BCUT2D eigenvalue weighted by Gasteiger charge is -2.62. The lowest BCUT2D eigenvalue weighted by atomic mass is 9.44. The summed E-state index contributed by atoms with van der Waals surface area (Å²) in [6, 6.07) is 0. The molecule has 0 unspecified atom stereocenters. The average Bonchev–Trinajstić information content (AvgIpc) is 2.97. The van der Waals surface area contributed by atoms with Crippen LogP contribution in [0.2, 0.25) is 0 Å². The molecule has 0 aromatic carbocycles. The molecule has 0 spiro atoms. The molecule has 4 rings (SSSR count). The first-order chi connectivity index (χ1) is 12.8. The van der Waals surface area contributed by atoms with Gasteiger partial charge in [-0.2, -0.15) is 0 Å². The number of hydrogen-bond acceptors (Lipinski definition) is 2. The summed E-state index contributed by atoms with van der Waals surface area (Å²) in [5, 5.41) is 20.3. The maximum atomic E-state index is 11.2. The van der Waals surface area contributed by atoms with E-state index in [1.54, 1.807) is 0 Å². The van der Waals surface area contributed by atoms with Crippen molar-refractivity contribution in [3.8, 4) is 0 Å². The fourth-order valence-corrected chi connectivity index (χ4v) is 8.78. The largest absolute Gasteiger partial charge is 0.481 e. The van der Waals surface area contributed by atoms with Gasteiger partial charge in [0.15, 0.2) is 0 Å². The number of rotatable bonds is 4. The Morgan fingerprint density at radius 3 is 2.52 bits per heavy atom. The minimum absolute atomic E-state index is 0.108. The zero-order chi connectivity index (χ0) is 19.4. The molecule has 3 nitrogen and oxygen atoms in total. The summed E-state index contributed by atoms with van der Waals surface area (Å²) in [6.45, 7) is 7.33. The SMILES string of the molecule is C[C@H](CCC(=O)O)[C@H]1CC[C@H]2[C@@H]3[C@@H](O)C[C@@H]4CCCC[C@]4(C)[C@H]3CC[C@]12C. The van der Waals surface area contributed by atoms with Crippen molar-refractivity contribution in [2.45, 2.75) is 97.5 Å². The van der Waals surface area contributed by atoms with E-state index in [1.165, 1.54) is 51.4 Å². The van der Waals surface area contributed by atoms with Crippen LogP contribution in [-0.4, -0.2) is 22.3 Å². The molecule has 0 aromatic rings. The zero-order valence-corrected chi connectivity index (χ0v) is 17.6. The Balaban J connectivity index is 1.56. The number of aliphatic hydroxyl groups is 1. The second kappa shape index (κ2) is 7.04. The number of fused-ring (bicyclic) bond motifs is 5. The molecular weight excluding hydrogens is 336 g/mol. The molecule has 4 aliphatic rings. The van der Waals surface area contributed by atoms with Gasteiger partial charge in [0.2, 0.25) is 0 Å². The van der Waals surface area contributed by atoms with Gasteiger partial charge in [-0.25, -0.2) is 0 Å². The van der Waals surface area contributed by atoms with E-state index < -0.39 is 5.97 Å². The zero-order valence-electron chi connectivity index (χ0n) is 17.6. The number of aliphatic hydroxyl groups excluding tert-OH is 1. The van der Waals surface area contributed by atoms with Crippen molar-refractivity contribution in [2.24, 2.45) is 46.3 Å². The Kier molecular flexibility index (Phi) is 5.15. The van der Waals surface area contributed by atoms with Crippen molar-refractivity contribution in [1.82, 2.24) is 0 Å². The molecule has 2 N–H and O–H groups in total. The van der Waals surface area contributed by atoms with Gasteiger partial charge in [-0.15, -0.1) is 0 Å². The summed E-state index contributed by atoms with van der Waals surface area (Å²) >= 11 is 0. The molecule has 27 heavy (non-hydrogen) atoms. The smallest absolute Gasteiger partial charge is 0.303 e. The minimum atomic E-state index is -0.663. The van der Waals surface area contributed by atoms with Crippen LogP contribution in [0.4, 0.5) is 0 Å². The minimum Gasteiger partial charge on any atom is -0.481 e. The van der Waals surface area contributed by atoms with E-state index in [-0.39, 0.29) is 6.10 Å². The van der Waals surface area contributed by atoms with E-state index in [0.717, 1.165) is 18.8 Å². The van der Waals surface area contributed by atoms with E-state index in [0.29, 0.717) is 46.8 Å². The quantitative estimate of drug-likeness (QED) is 0.680. The van der Waals surface area contributed by atoms with Crippen molar-refractivity contribution in [1.29, 1.82) is 0 Å². The first-order valence-electron chi connectivity index (χ1n) is 11.7. The summed E-state index contributed by atoms with van der Waals surface area (Å²) in [5.41, 5.74) is 0.758. The summed E-state index contributed by atoms with van der Waals surface area (Å²) < 4.78 is 0. The second-order valence-electron chi connectivity index (χ2n) is 11.2. The van der Waals surface area contributed by atoms with Gasteiger partial charge in [-0.05, 0) is 97.7 Å². The van der Waals surface area contributed by atoms with E-state index in [9.17, 15) is 9.90 Å². The van der Waals surface area contributed by atoms with Crippen molar-refractivity contribution in [2.75, 3.05) is 0 Å².